The van der Waals surface area contributed by atoms with Crippen molar-refractivity contribution in [1.29, 1.82) is 0 Å². The second kappa shape index (κ2) is 11.0. The molecule has 6 heterocycles. The third-order valence-electron chi connectivity index (χ3n) is 11.0. The van der Waals surface area contributed by atoms with Crippen molar-refractivity contribution in [3.05, 3.63) is 170 Å². The highest BCUT2D eigenvalue weighted by molar-refractivity contribution is 6.23. The van der Waals surface area contributed by atoms with E-state index in [0.717, 1.165) is 110 Å². The van der Waals surface area contributed by atoms with Crippen molar-refractivity contribution in [2.75, 3.05) is 0 Å². The van der Waals surface area contributed by atoms with Crippen LogP contribution in [0.5, 0.6) is 0 Å². The van der Waals surface area contributed by atoms with Gasteiger partial charge in [-0.15, -0.1) is 0 Å². The van der Waals surface area contributed by atoms with E-state index in [0.29, 0.717) is 0 Å². The maximum atomic E-state index is 4.84. The van der Waals surface area contributed by atoms with Gasteiger partial charge in [-0.3, -0.25) is 19.9 Å². The van der Waals surface area contributed by atoms with Gasteiger partial charge in [0.05, 0.1) is 44.1 Å². The highest BCUT2D eigenvalue weighted by Gasteiger charge is 2.20. The molecular formula is C48H28N6. The van der Waals surface area contributed by atoms with Crippen LogP contribution < -0.4 is 0 Å². The Bertz CT molecular complexity index is 3070. The molecule has 0 radical (unpaired) electrons. The number of pyridine rings is 4. The summed E-state index contributed by atoms with van der Waals surface area (Å²) in [5.74, 6) is 0. The van der Waals surface area contributed by atoms with Crippen LogP contribution in [0.15, 0.2) is 170 Å². The van der Waals surface area contributed by atoms with Gasteiger partial charge in [0.2, 0.25) is 0 Å². The minimum Gasteiger partial charge on any atom is -0.308 e. The predicted octanol–water partition coefficient (Wildman–Crippen LogP) is 11.7. The first-order valence-corrected chi connectivity index (χ1v) is 18.1. The Balaban J connectivity index is 1.03. The van der Waals surface area contributed by atoms with Gasteiger partial charge in [0, 0.05) is 79.3 Å². The molecule has 6 aromatic carbocycles. The van der Waals surface area contributed by atoms with Gasteiger partial charge in [-0.2, -0.15) is 0 Å². The average Bonchev–Trinajstić information content (AvgIpc) is 3.78. The van der Waals surface area contributed by atoms with E-state index in [4.69, 9.17) is 19.9 Å². The van der Waals surface area contributed by atoms with Crippen LogP contribution in [0, 0.1) is 0 Å². The standard InChI is InChI=1S/C48H28N6/c1-5-13-41-33(9-1)45-37(25-49-41)38-26-50-42-14-6-2-10-34(42)46(38)53(45)31-21-17-29(18-22-31)30-19-23-32(24-20-30)54-47-35-11-3-7-15-43(35)51-27-39(47)40-28-52-44-16-8-4-12-36(44)48(40)54/h1-28H. The lowest BCUT2D eigenvalue weighted by Gasteiger charge is -2.13. The molecule has 6 nitrogen and oxygen atoms in total. The first kappa shape index (κ1) is 29.2. The molecule has 0 saturated heterocycles. The molecule has 12 rings (SSSR count). The molecule has 0 saturated carbocycles. The van der Waals surface area contributed by atoms with Crippen molar-refractivity contribution in [1.82, 2.24) is 29.1 Å². The van der Waals surface area contributed by atoms with E-state index in [1.807, 2.05) is 49.1 Å². The summed E-state index contributed by atoms with van der Waals surface area (Å²) in [6, 6.07) is 51.4. The van der Waals surface area contributed by atoms with Gasteiger partial charge in [0.25, 0.3) is 0 Å². The summed E-state index contributed by atoms with van der Waals surface area (Å²) in [5, 5.41) is 8.86. The molecule has 0 aliphatic rings. The summed E-state index contributed by atoms with van der Waals surface area (Å²) in [6.45, 7) is 0. The van der Waals surface area contributed by atoms with Gasteiger partial charge in [-0.1, -0.05) is 97.1 Å². The number of nitrogens with zero attached hydrogens (tertiary/aromatic N) is 6. The van der Waals surface area contributed by atoms with E-state index in [-0.39, 0.29) is 0 Å². The lowest BCUT2D eigenvalue weighted by molar-refractivity contribution is 1.18. The van der Waals surface area contributed by atoms with E-state index in [1.54, 1.807) is 0 Å². The maximum Gasteiger partial charge on any atom is 0.0723 e. The van der Waals surface area contributed by atoms with E-state index < -0.39 is 0 Å². The van der Waals surface area contributed by atoms with Gasteiger partial charge in [-0.25, -0.2) is 0 Å². The second-order valence-corrected chi connectivity index (χ2v) is 13.9. The average molecular weight is 689 g/mol. The van der Waals surface area contributed by atoms with Crippen LogP contribution >= 0.6 is 0 Å². The van der Waals surface area contributed by atoms with Gasteiger partial charge >= 0.3 is 0 Å². The van der Waals surface area contributed by atoms with Crippen molar-refractivity contribution < 1.29 is 0 Å². The number of hydrogen-bond acceptors (Lipinski definition) is 4. The number of hydrogen-bond donors (Lipinski definition) is 0. The van der Waals surface area contributed by atoms with Crippen LogP contribution in [0.4, 0.5) is 0 Å². The molecule has 12 aromatic rings. The van der Waals surface area contributed by atoms with Crippen LogP contribution in [-0.4, -0.2) is 29.1 Å². The number of fused-ring (bicyclic) bond motifs is 14. The smallest absolute Gasteiger partial charge is 0.0723 e. The fourth-order valence-electron chi connectivity index (χ4n) is 8.61. The molecule has 0 aliphatic heterocycles. The van der Waals surface area contributed by atoms with Gasteiger partial charge in [0.1, 0.15) is 0 Å². The van der Waals surface area contributed by atoms with Crippen LogP contribution in [-0.2, 0) is 0 Å². The Morgan fingerprint density at radius 2 is 0.519 bits per heavy atom. The van der Waals surface area contributed by atoms with Crippen molar-refractivity contribution >= 4 is 87.2 Å². The van der Waals surface area contributed by atoms with Gasteiger partial charge < -0.3 is 9.13 Å². The number of benzene rings is 6. The van der Waals surface area contributed by atoms with Crippen molar-refractivity contribution in [3.63, 3.8) is 0 Å². The Labute approximate surface area is 308 Å². The Morgan fingerprint density at radius 1 is 0.259 bits per heavy atom. The van der Waals surface area contributed by atoms with E-state index in [1.165, 1.54) is 0 Å². The molecule has 6 aromatic heterocycles. The maximum absolute atomic E-state index is 4.84. The molecule has 0 aliphatic carbocycles. The molecule has 0 amide bonds. The molecule has 0 spiro atoms. The minimum atomic E-state index is 0.972. The Hall–Kier alpha value is -7.44. The minimum absolute atomic E-state index is 0.972. The topological polar surface area (TPSA) is 61.4 Å². The van der Waals surface area contributed by atoms with Crippen molar-refractivity contribution in [2.45, 2.75) is 0 Å². The van der Waals surface area contributed by atoms with Gasteiger partial charge in [0.15, 0.2) is 0 Å². The summed E-state index contributed by atoms with van der Waals surface area (Å²) in [7, 11) is 0. The molecule has 0 fully saturated rings. The van der Waals surface area contributed by atoms with Crippen molar-refractivity contribution in [3.8, 4) is 22.5 Å². The fraction of sp³-hybridized carbons (Fsp3) is 0. The summed E-state index contributed by atoms with van der Waals surface area (Å²) in [4.78, 5) is 19.4. The number of para-hydroxylation sites is 4. The highest BCUT2D eigenvalue weighted by Crippen LogP contribution is 2.40. The number of rotatable bonds is 3. The summed E-state index contributed by atoms with van der Waals surface area (Å²) in [5.41, 5.74) is 12.9. The molecule has 0 atom stereocenters. The van der Waals surface area contributed by atoms with Gasteiger partial charge in [-0.05, 0) is 59.7 Å². The molecule has 0 N–H and O–H groups in total. The quantitative estimate of drug-likeness (QED) is 0.185. The first-order chi connectivity index (χ1) is 26.8. The highest BCUT2D eigenvalue weighted by atomic mass is 15.0. The van der Waals surface area contributed by atoms with Crippen LogP contribution in [0.25, 0.3) is 110 Å². The third-order valence-corrected chi connectivity index (χ3v) is 11.0. The zero-order valence-electron chi connectivity index (χ0n) is 28.8. The molecule has 54 heavy (non-hydrogen) atoms. The number of aromatic nitrogens is 6. The third kappa shape index (κ3) is 4.05. The predicted molar refractivity (Wildman–Crippen MR) is 222 cm³/mol. The summed E-state index contributed by atoms with van der Waals surface area (Å²) in [6.07, 6.45) is 7.99. The van der Waals surface area contributed by atoms with E-state index in [9.17, 15) is 0 Å². The second-order valence-electron chi connectivity index (χ2n) is 13.9. The normalized spacial score (nSPS) is 12.1. The van der Waals surface area contributed by atoms with E-state index in [2.05, 4.69) is 130 Å². The zero-order chi connectivity index (χ0) is 35.3. The lowest BCUT2D eigenvalue weighted by atomic mass is 10.0. The molecule has 6 heteroatoms. The molecule has 0 unspecified atom stereocenters. The fourth-order valence-corrected chi connectivity index (χ4v) is 8.61. The van der Waals surface area contributed by atoms with Crippen LogP contribution in [0.2, 0.25) is 0 Å². The Morgan fingerprint density at radius 3 is 0.796 bits per heavy atom. The lowest BCUT2D eigenvalue weighted by Crippen LogP contribution is -1.97. The summed E-state index contributed by atoms with van der Waals surface area (Å²) >= 11 is 0. The SMILES string of the molecule is c1ccc2c(c1)ncc1c3cnc4ccccc4c3n(-c3ccc(-c4ccc(-n5c6c7ccccc7ncc6c6cnc7ccccc7c65)cc4)cc3)c21. The molecule has 0 bridgehead atoms. The molecule has 250 valence electrons. The monoisotopic (exact) mass is 688 g/mol. The van der Waals surface area contributed by atoms with Crippen LogP contribution in [0.3, 0.4) is 0 Å². The first-order valence-electron chi connectivity index (χ1n) is 18.1. The zero-order valence-corrected chi connectivity index (χ0v) is 28.8. The largest absolute Gasteiger partial charge is 0.308 e. The van der Waals surface area contributed by atoms with Crippen molar-refractivity contribution in [2.24, 2.45) is 0 Å². The summed E-state index contributed by atoms with van der Waals surface area (Å²) < 4.78 is 4.79. The van der Waals surface area contributed by atoms with E-state index >= 15 is 0 Å². The van der Waals surface area contributed by atoms with Crippen LogP contribution in [0.1, 0.15) is 0 Å². The molecular weight excluding hydrogens is 661 g/mol. The Kier molecular flexibility index (Phi) is 5.96.